The van der Waals surface area contributed by atoms with Gasteiger partial charge in [-0.3, -0.25) is 4.79 Å². The van der Waals surface area contributed by atoms with E-state index >= 15 is 0 Å². The Labute approximate surface area is 106 Å². The van der Waals surface area contributed by atoms with E-state index in [0.29, 0.717) is 0 Å². The Morgan fingerprint density at radius 1 is 1.21 bits per heavy atom. The summed E-state index contributed by atoms with van der Waals surface area (Å²) in [5.41, 5.74) is -0.310. The number of hydrogen-bond acceptors (Lipinski definition) is 6. The summed E-state index contributed by atoms with van der Waals surface area (Å²) >= 11 is 0. The van der Waals surface area contributed by atoms with Crippen LogP contribution in [0.4, 0.5) is 13.2 Å². The van der Waals surface area contributed by atoms with E-state index in [0.717, 1.165) is 0 Å². The monoisotopic (exact) mass is 280 g/mol. The SMILES string of the molecule is CCOc1nc(OC)c(C=O)c(OCC(F)(F)F)n1. The number of aldehydes is 1. The molecule has 1 aromatic rings. The van der Waals surface area contributed by atoms with Crippen LogP contribution in [0.3, 0.4) is 0 Å². The Bertz CT molecular complexity index is 451. The van der Waals surface area contributed by atoms with Gasteiger partial charge in [0.15, 0.2) is 12.9 Å². The lowest BCUT2D eigenvalue weighted by Crippen LogP contribution is -2.20. The molecule has 0 N–H and O–H groups in total. The predicted molar refractivity (Wildman–Crippen MR) is 56.7 cm³/mol. The zero-order valence-corrected chi connectivity index (χ0v) is 10.2. The molecule has 0 aromatic carbocycles. The highest BCUT2D eigenvalue weighted by Crippen LogP contribution is 2.27. The zero-order valence-electron chi connectivity index (χ0n) is 10.2. The molecule has 0 radical (unpaired) electrons. The highest BCUT2D eigenvalue weighted by molar-refractivity contribution is 5.81. The summed E-state index contributed by atoms with van der Waals surface area (Å²) in [7, 11) is 1.21. The van der Waals surface area contributed by atoms with Gasteiger partial charge in [-0.05, 0) is 6.92 Å². The van der Waals surface area contributed by atoms with E-state index in [4.69, 9.17) is 9.47 Å². The van der Waals surface area contributed by atoms with Gasteiger partial charge in [0.1, 0.15) is 5.56 Å². The lowest BCUT2D eigenvalue weighted by Gasteiger charge is -2.12. The molecule has 0 unspecified atom stereocenters. The van der Waals surface area contributed by atoms with Crippen molar-refractivity contribution in [1.82, 2.24) is 9.97 Å². The van der Waals surface area contributed by atoms with E-state index < -0.39 is 18.7 Å². The third-order valence-electron chi connectivity index (χ3n) is 1.81. The largest absolute Gasteiger partial charge is 0.480 e. The fourth-order valence-corrected chi connectivity index (χ4v) is 1.12. The Morgan fingerprint density at radius 3 is 2.32 bits per heavy atom. The molecule has 0 saturated heterocycles. The molecule has 6 nitrogen and oxygen atoms in total. The Kier molecular flexibility index (Phi) is 4.90. The van der Waals surface area contributed by atoms with Gasteiger partial charge >= 0.3 is 12.2 Å². The average Bonchev–Trinajstić information content (AvgIpc) is 2.35. The molecule has 0 aliphatic carbocycles. The fraction of sp³-hybridized carbons (Fsp3) is 0.500. The van der Waals surface area contributed by atoms with Crippen molar-refractivity contribution in [1.29, 1.82) is 0 Å². The number of alkyl halides is 3. The number of nitrogens with zero attached hydrogens (tertiary/aromatic N) is 2. The Balaban J connectivity index is 3.10. The van der Waals surface area contributed by atoms with Crippen LogP contribution < -0.4 is 14.2 Å². The van der Waals surface area contributed by atoms with Crippen LogP contribution in [0.5, 0.6) is 17.8 Å². The molecule has 0 spiro atoms. The lowest BCUT2D eigenvalue weighted by molar-refractivity contribution is -0.154. The summed E-state index contributed by atoms with van der Waals surface area (Å²) in [6.45, 7) is 0.252. The van der Waals surface area contributed by atoms with Crippen molar-refractivity contribution in [2.75, 3.05) is 20.3 Å². The lowest BCUT2D eigenvalue weighted by atomic mass is 10.3. The van der Waals surface area contributed by atoms with Crippen LogP contribution in [-0.4, -0.2) is 42.8 Å². The number of hydrogen-bond donors (Lipinski definition) is 0. The second-order valence-corrected chi connectivity index (χ2v) is 3.19. The number of carbonyl (C=O) groups excluding carboxylic acids is 1. The van der Waals surface area contributed by atoms with Crippen molar-refractivity contribution in [3.63, 3.8) is 0 Å². The first-order valence-corrected chi connectivity index (χ1v) is 5.14. The number of methoxy groups -OCH3 is 1. The van der Waals surface area contributed by atoms with Crippen LogP contribution in [0.25, 0.3) is 0 Å². The first kappa shape index (κ1) is 15.0. The molecule has 9 heteroatoms. The van der Waals surface area contributed by atoms with Gasteiger partial charge in [-0.25, -0.2) is 0 Å². The minimum atomic E-state index is -4.55. The third kappa shape index (κ3) is 4.27. The van der Waals surface area contributed by atoms with Crippen molar-refractivity contribution in [2.45, 2.75) is 13.1 Å². The molecule has 1 heterocycles. The van der Waals surface area contributed by atoms with Gasteiger partial charge in [-0.2, -0.15) is 23.1 Å². The summed E-state index contributed by atoms with van der Waals surface area (Å²) in [5.74, 6) is -0.756. The van der Waals surface area contributed by atoms with Crippen LogP contribution in [-0.2, 0) is 0 Å². The highest BCUT2D eigenvalue weighted by atomic mass is 19.4. The van der Waals surface area contributed by atoms with Crippen molar-refractivity contribution in [3.8, 4) is 17.8 Å². The first-order valence-electron chi connectivity index (χ1n) is 5.14. The van der Waals surface area contributed by atoms with E-state index in [2.05, 4.69) is 14.7 Å². The molecule has 19 heavy (non-hydrogen) atoms. The number of aromatic nitrogens is 2. The highest BCUT2D eigenvalue weighted by Gasteiger charge is 2.30. The van der Waals surface area contributed by atoms with Crippen LogP contribution in [0.1, 0.15) is 17.3 Å². The minimum absolute atomic E-state index is 0.197. The fourth-order valence-electron chi connectivity index (χ4n) is 1.12. The third-order valence-corrected chi connectivity index (χ3v) is 1.81. The first-order chi connectivity index (χ1) is 8.91. The normalized spacial score (nSPS) is 11.0. The quantitative estimate of drug-likeness (QED) is 0.738. The maximum atomic E-state index is 12.1. The van der Waals surface area contributed by atoms with Crippen LogP contribution >= 0.6 is 0 Å². The molecule has 1 aromatic heterocycles. The van der Waals surface area contributed by atoms with Crippen molar-refractivity contribution >= 4 is 6.29 Å². The van der Waals surface area contributed by atoms with Gasteiger partial charge in [0, 0.05) is 0 Å². The predicted octanol–water partition coefficient (Wildman–Crippen LogP) is 1.64. The summed E-state index contributed by atoms with van der Waals surface area (Å²) in [6, 6.07) is -0.234. The van der Waals surface area contributed by atoms with Gasteiger partial charge in [-0.15, -0.1) is 0 Å². The molecule has 0 atom stereocenters. The molecule has 0 aliphatic rings. The molecule has 0 amide bonds. The Morgan fingerprint density at radius 2 is 1.84 bits per heavy atom. The maximum Gasteiger partial charge on any atom is 0.422 e. The Hall–Kier alpha value is -2.06. The second kappa shape index (κ2) is 6.21. The van der Waals surface area contributed by atoms with Crippen molar-refractivity contribution < 1.29 is 32.2 Å². The molecule has 0 saturated carbocycles. The van der Waals surface area contributed by atoms with E-state index in [-0.39, 0.29) is 30.3 Å². The summed E-state index contributed by atoms with van der Waals surface area (Å²) in [6.07, 6.45) is -4.30. The van der Waals surface area contributed by atoms with E-state index in [1.54, 1.807) is 6.92 Å². The summed E-state index contributed by atoms with van der Waals surface area (Å²) < 4.78 is 50.4. The van der Waals surface area contributed by atoms with Gasteiger partial charge < -0.3 is 14.2 Å². The van der Waals surface area contributed by atoms with Gasteiger partial charge in [0.2, 0.25) is 11.8 Å². The van der Waals surface area contributed by atoms with Crippen molar-refractivity contribution in [2.24, 2.45) is 0 Å². The molecule has 0 bridgehead atoms. The topological polar surface area (TPSA) is 70.5 Å². The van der Waals surface area contributed by atoms with Crippen LogP contribution in [0.15, 0.2) is 0 Å². The number of halogens is 3. The van der Waals surface area contributed by atoms with Gasteiger partial charge in [0.05, 0.1) is 13.7 Å². The van der Waals surface area contributed by atoms with Gasteiger partial charge in [0.25, 0.3) is 0 Å². The molecular weight excluding hydrogens is 269 g/mol. The van der Waals surface area contributed by atoms with Crippen molar-refractivity contribution in [3.05, 3.63) is 5.56 Å². The molecule has 0 aliphatic heterocycles. The zero-order chi connectivity index (χ0) is 14.5. The molecule has 1 rings (SSSR count). The average molecular weight is 280 g/mol. The summed E-state index contributed by atoms with van der Waals surface area (Å²) in [5, 5.41) is 0. The second-order valence-electron chi connectivity index (χ2n) is 3.19. The van der Waals surface area contributed by atoms with Gasteiger partial charge in [-0.1, -0.05) is 0 Å². The number of rotatable bonds is 6. The van der Waals surface area contributed by atoms with E-state index in [9.17, 15) is 18.0 Å². The van der Waals surface area contributed by atoms with Crippen LogP contribution in [0, 0.1) is 0 Å². The summed E-state index contributed by atoms with van der Waals surface area (Å²) in [4.78, 5) is 18.1. The van der Waals surface area contributed by atoms with Crippen LogP contribution in [0.2, 0.25) is 0 Å². The molecule has 106 valence electrons. The standard InChI is InChI=1S/C10H11F3N2O4/c1-3-18-9-14-7(17-2)6(4-16)8(15-9)19-5-10(11,12)13/h4H,3,5H2,1-2H3. The maximum absolute atomic E-state index is 12.1. The number of carbonyl (C=O) groups is 1. The number of ether oxygens (including phenoxy) is 3. The molecular formula is C10H11F3N2O4. The van der Waals surface area contributed by atoms with E-state index in [1.165, 1.54) is 7.11 Å². The van der Waals surface area contributed by atoms with E-state index in [1.807, 2.05) is 0 Å². The molecule has 0 fully saturated rings. The minimum Gasteiger partial charge on any atom is -0.480 e. The smallest absolute Gasteiger partial charge is 0.422 e.